The minimum Gasteiger partial charge on any atom is -0.355 e. The zero-order chi connectivity index (χ0) is 14.3. The Morgan fingerprint density at radius 3 is 2.79 bits per heavy atom. The van der Waals surface area contributed by atoms with Crippen molar-refractivity contribution in [3.05, 3.63) is 29.8 Å². The van der Waals surface area contributed by atoms with Crippen molar-refractivity contribution in [3.8, 4) is 6.07 Å². The molecule has 0 spiro atoms. The number of benzene rings is 1. The first-order valence-corrected chi connectivity index (χ1v) is 7.24. The molecule has 0 radical (unpaired) electrons. The van der Waals surface area contributed by atoms with Crippen molar-refractivity contribution in [2.24, 2.45) is 0 Å². The van der Waals surface area contributed by atoms with Crippen molar-refractivity contribution in [1.29, 1.82) is 5.26 Å². The van der Waals surface area contributed by atoms with Crippen molar-refractivity contribution >= 4 is 15.9 Å². The lowest BCUT2D eigenvalue weighted by molar-refractivity contribution is -0.119. The van der Waals surface area contributed by atoms with Gasteiger partial charge < -0.3 is 5.32 Å². The van der Waals surface area contributed by atoms with Crippen LogP contribution >= 0.6 is 0 Å². The molecule has 1 aromatic carbocycles. The molecular formula is C12H15N3O3S. The fourth-order valence-corrected chi connectivity index (χ4v) is 2.33. The fraction of sp³-hybridized carbons (Fsp3) is 0.333. The predicted molar refractivity (Wildman–Crippen MR) is 69.6 cm³/mol. The molecule has 0 fully saturated rings. The number of nitrogens with zero attached hydrogens (tertiary/aromatic N) is 1. The first-order valence-electron chi connectivity index (χ1n) is 5.76. The number of carbonyl (C=O) groups is 1. The van der Waals surface area contributed by atoms with Crippen LogP contribution in [-0.4, -0.2) is 27.4 Å². The second kappa shape index (κ2) is 6.87. The number of hydrogen-bond acceptors (Lipinski definition) is 4. The molecule has 2 N–H and O–H groups in total. The molecule has 0 aliphatic heterocycles. The molecule has 1 aromatic rings. The van der Waals surface area contributed by atoms with Crippen LogP contribution in [0.15, 0.2) is 29.2 Å². The van der Waals surface area contributed by atoms with Gasteiger partial charge in [-0.15, -0.1) is 0 Å². The van der Waals surface area contributed by atoms with Crippen LogP contribution in [0.4, 0.5) is 0 Å². The van der Waals surface area contributed by atoms with Gasteiger partial charge in [0.05, 0.1) is 23.1 Å². The Balaban J connectivity index is 2.71. The van der Waals surface area contributed by atoms with Gasteiger partial charge in [0, 0.05) is 6.54 Å². The lowest BCUT2D eigenvalue weighted by Gasteiger charge is -2.07. The molecule has 0 aliphatic carbocycles. The van der Waals surface area contributed by atoms with E-state index < -0.39 is 10.0 Å². The van der Waals surface area contributed by atoms with E-state index in [1.165, 1.54) is 24.3 Å². The van der Waals surface area contributed by atoms with Gasteiger partial charge >= 0.3 is 0 Å². The van der Waals surface area contributed by atoms with Gasteiger partial charge in [0.15, 0.2) is 0 Å². The van der Waals surface area contributed by atoms with E-state index in [1.807, 2.05) is 13.0 Å². The third kappa shape index (κ3) is 4.69. The summed E-state index contributed by atoms with van der Waals surface area (Å²) in [7, 11) is -3.77. The minimum absolute atomic E-state index is 0.0326. The van der Waals surface area contributed by atoms with Crippen LogP contribution in [0, 0.1) is 11.3 Å². The van der Waals surface area contributed by atoms with Gasteiger partial charge in [-0.25, -0.2) is 13.1 Å². The topological polar surface area (TPSA) is 99.1 Å². The van der Waals surface area contributed by atoms with E-state index in [9.17, 15) is 13.2 Å². The molecule has 7 heteroatoms. The Morgan fingerprint density at radius 1 is 1.42 bits per heavy atom. The molecule has 19 heavy (non-hydrogen) atoms. The number of sulfonamides is 1. The molecule has 1 rings (SSSR count). The van der Waals surface area contributed by atoms with E-state index in [0.717, 1.165) is 6.42 Å². The van der Waals surface area contributed by atoms with E-state index in [0.29, 0.717) is 6.54 Å². The number of rotatable bonds is 6. The second-order valence-electron chi connectivity index (χ2n) is 3.81. The highest BCUT2D eigenvalue weighted by Gasteiger charge is 2.15. The standard InChI is InChI=1S/C12H15N3O3S/c1-2-6-14-12(16)9-15-19(17,18)11-5-3-4-10(7-11)8-13/h3-5,7,15H,2,6,9H2,1H3,(H,14,16). The number of hydrogen-bond donors (Lipinski definition) is 2. The number of nitriles is 1. The molecule has 0 aromatic heterocycles. The SMILES string of the molecule is CCCNC(=O)CNS(=O)(=O)c1cccc(C#N)c1. The van der Waals surface area contributed by atoms with Crippen LogP contribution in [0.1, 0.15) is 18.9 Å². The summed E-state index contributed by atoms with van der Waals surface area (Å²) < 4.78 is 25.9. The van der Waals surface area contributed by atoms with Gasteiger partial charge in [-0.05, 0) is 24.6 Å². The quantitative estimate of drug-likeness (QED) is 0.786. The molecule has 0 aliphatic rings. The Bertz CT molecular complexity index is 590. The van der Waals surface area contributed by atoms with Crippen molar-refractivity contribution in [2.45, 2.75) is 18.2 Å². The van der Waals surface area contributed by atoms with Crippen LogP contribution in [0.25, 0.3) is 0 Å². The maximum absolute atomic E-state index is 11.9. The van der Waals surface area contributed by atoms with Gasteiger partial charge in [-0.1, -0.05) is 13.0 Å². The normalized spacial score (nSPS) is 10.7. The predicted octanol–water partition coefficient (Wildman–Crippen LogP) is 0.363. The van der Waals surface area contributed by atoms with Crippen LogP contribution < -0.4 is 10.0 Å². The molecule has 1 amide bonds. The Kier molecular flexibility index (Phi) is 5.48. The van der Waals surface area contributed by atoms with Crippen LogP contribution in [0.3, 0.4) is 0 Å². The molecule has 0 heterocycles. The van der Waals surface area contributed by atoms with Gasteiger partial charge in [-0.3, -0.25) is 4.79 Å². The Hall–Kier alpha value is -1.91. The number of nitrogens with one attached hydrogen (secondary N) is 2. The van der Waals surface area contributed by atoms with Crippen LogP contribution in [0.2, 0.25) is 0 Å². The zero-order valence-corrected chi connectivity index (χ0v) is 11.3. The van der Waals surface area contributed by atoms with E-state index in [2.05, 4.69) is 10.0 Å². The summed E-state index contributed by atoms with van der Waals surface area (Å²) in [6.07, 6.45) is 0.780. The summed E-state index contributed by atoms with van der Waals surface area (Å²) in [4.78, 5) is 11.3. The van der Waals surface area contributed by atoms with Crippen molar-refractivity contribution in [1.82, 2.24) is 10.0 Å². The molecule has 102 valence electrons. The molecule has 0 atom stereocenters. The largest absolute Gasteiger partial charge is 0.355 e. The molecule has 0 saturated heterocycles. The first kappa shape index (κ1) is 15.1. The smallest absolute Gasteiger partial charge is 0.241 e. The number of amides is 1. The molecule has 0 saturated carbocycles. The van der Waals surface area contributed by atoms with E-state index >= 15 is 0 Å². The summed E-state index contributed by atoms with van der Waals surface area (Å²) in [6, 6.07) is 7.47. The van der Waals surface area contributed by atoms with Crippen molar-refractivity contribution < 1.29 is 13.2 Å². The highest BCUT2D eigenvalue weighted by Crippen LogP contribution is 2.10. The lowest BCUT2D eigenvalue weighted by atomic mass is 10.2. The van der Waals surface area contributed by atoms with Crippen LogP contribution in [-0.2, 0) is 14.8 Å². The van der Waals surface area contributed by atoms with E-state index in [4.69, 9.17) is 5.26 Å². The van der Waals surface area contributed by atoms with Crippen molar-refractivity contribution in [3.63, 3.8) is 0 Å². The zero-order valence-electron chi connectivity index (χ0n) is 10.5. The van der Waals surface area contributed by atoms with Crippen LogP contribution in [0.5, 0.6) is 0 Å². The molecule has 6 nitrogen and oxygen atoms in total. The number of carbonyl (C=O) groups excluding carboxylic acids is 1. The Labute approximate surface area is 112 Å². The summed E-state index contributed by atoms with van der Waals surface area (Å²) in [6.45, 7) is 2.08. The second-order valence-corrected chi connectivity index (χ2v) is 5.58. The highest BCUT2D eigenvalue weighted by atomic mass is 32.2. The third-order valence-corrected chi connectivity index (χ3v) is 3.67. The molecule has 0 bridgehead atoms. The maximum atomic E-state index is 11.9. The molecular weight excluding hydrogens is 266 g/mol. The third-order valence-electron chi connectivity index (χ3n) is 2.27. The summed E-state index contributed by atoms with van der Waals surface area (Å²) in [5.41, 5.74) is 0.248. The van der Waals surface area contributed by atoms with E-state index in [-0.39, 0.29) is 22.9 Å². The van der Waals surface area contributed by atoms with E-state index in [1.54, 1.807) is 0 Å². The molecule has 0 unspecified atom stereocenters. The minimum atomic E-state index is -3.77. The maximum Gasteiger partial charge on any atom is 0.241 e. The summed E-state index contributed by atoms with van der Waals surface area (Å²) >= 11 is 0. The fourth-order valence-electron chi connectivity index (χ4n) is 1.30. The van der Waals surface area contributed by atoms with Crippen molar-refractivity contribution in [2.75, 3.05) is 13.1 Å². The first-order chi connectivity index (χ1) is 8.99. The van der Waals surface area contributed by atoms with Gasteiger partial charge in [0.1, 0.15) is 0 Å². The summed E-state index contributed by atoms with van der Waals surface area (Å²) in [5.74, 6) is -0.387. The average Bonchev–Trinajstić information content (AvgIpc) is 2.43. The van der Waals surface area contributed by atoms with Gasteiger partial charge in [-0.2, -0.15) is 5.26 Å². The average molecular weight is 281 g/mol. The van der Waals surface area contributed by atoms with Gasteiger partial charge in [0.25, 0.3) is 0 Å². The monoisotopic (exact) mass is 281 g/mol. The lowest BCUT2D eigenvalue weighted by Crippen LogP contribution is -2.37. The Morgan fingerprint density at radius 2 is 2.16 bits per heavy atom. The van der Waals surface area contributed by atoms with Gasteiger partial charge in [0.2, 0.25) is 15.9 Å². The summed E-state index contributed by atoms with van der Waals surface area (Å²) in [5, 5.41) is 11.3. The highest BCUT2D eigenvalue weighted by molar-refractivity contribution is 7.89.